The van der Waals surface area contributed by atoms with Gasteiger partial charge >= 0.3 is 6.03 Å². The van der Waals surface area contributed by atoms with Crippen LogP contribution in [-0.2, 0) is 6.61 Å². The van der Waals surface area contributed by atoms with Gasteiger partial charge in [0.15, 0.2) is 0 Å². The van der Waals surface area contributed by atoms with Gasteiger partial charge in [0.2, 0.25) is 0 Å². The monoisotopic (exact) mass is 423 g/mol. The van der Waals surface area contributed by atoms with E-state index in [-0.39, 0.29) is 6.03 Å². The predicted octanol–water partition coefficient (Wildman–Crippen LogP) is 6.48. The third kappa shape index (κ3) is 4.85. The third-order valence-corrected chi connectivity index (χ3v) is 5.49. The number of ether oxygens (including phenoxy) is 1. The molecule has 0 spiro atoms. The van der Waals surface area contributed by atoms with Crippen molar-refractivity contribution in [3.05, 3.63) is 82.3 Å². The summed E-state index contributed by atoms with van der Waals surface area (Å²) in [5.41, 5.74) is 3.26. The zero-order chi connectivity index (χ0) is 20.2. The topological polar surface area (TPSA) is 63.2 Å². The number of amides is 2. The second kappa shape index (κ2) is 8.51. The van der Waals surface area contributed by atoms with Crippen LogP contribution in [0.3, 0.4) is 0 Å². The second-order valence-corrected chi connectivity index (χ2v) is 7.98. The summed E-state index contributed by atoms with van der Waals surface area (Å²) in [6.07, 6.45) is 0. The van der Waals surface area contributed by atoms with E-state index in [4.69, 9.17) is 16.3 Å². The number of carbonyl (C=O) groups excluding carboxylic acids is 1. The number of benzene rings is 3. The molecule has 5 nitrogen and oxygen atoms in total. The van der Waals surface area contributed by atoms with Crippen LogP contribution in [0.5, 0.6) is 5.75 Å². The van der Waals surface area contributed by atoms with E-state index in [0.717, 1.165) is 26.5 Å². The Morgan fingerprint density at radius 3 is 2.52 bits per heavy atom. The Kier molecular flexibility index (Phi) is 5.64. The predicted molar refractivity (Wildman–Crippen MR) is 119 cm³/mol. The fourth-order valence-electron chi connectivity index (χ4n) is 2.84. The highest BCUT2D eigenvalue weighted by Gasteiger charge is 2.08. The number of urea groups is 1. The quantitative estimate of drug-likeness (QED) is 0.386. The maximum atomic E-state index is 12.2. The number of carbonyl (C=O) groups is 1. The van der Waals surface area contributed by atoms with Gasteiger partial charge in [-0.3, -0.25) is 0 Å². The lowest BCUT2D eigenvalue weighted by Gasteiger charge is -2.11. The molecule has 0 aliphatic heterocycles. The van der Waals surface area contributed by atoms with Gasteiger partial charge < -0.3 is 15.4 Å². The molecule has 4 aromatic rings. The number of nitrogens with one attached hydrogen (secondary N) is 2. The van der Waals surface area contributed by atoms with Crippen LogP contribution in [0.2, 0.25) is 5.02 Å². The number of aromatic nitrogens is 1. The molecule has 0 aliphatic carbocycles. The molecule has 0 bridgehead atoms. The Morgan fingerprint density at radius 1 is 1.03 bits per heavy atom. The van der Waals surface area contributed by atoms with Crippen molar-refractivity contribution in [3.63, 3.8) is 0 Å². The van der Waals surface area contributed by atoms with E-state index in [1.165, 1.54) is 0 Å². The zero-order valence-electron chi connectivity index (χ0n) is 15.6. The fourth-order valence-corrected chi connectivity index (χ4v) is 3.84. The number of hydrogen-bond donors (Lipinski definition) is 2. The van der Waals surface area contributed by atoms with E-state index in [1.54, 1.807) is 35.6 Å². The minimum Gasteiger partial charge on any atom is -0.486 e. The molecule has 7 heteroatoms. The van der Waals surface area contributed by atoms with E-state index in [9.17, 15) is 4.79 Å². The molecule has 29 heavy (non-hydrogen) atoms. The summed E-state index contributed by atoms with van der Waals surface area (Å²) in [7, 11) is 0. The first-order chi connectivity index (χ1) is 14.1. The van der Waals surface area contributed by atoms with E-state index >= 15 is 0 Å². The van der Waals surface area contributed by atoms with E-state index in [0.29, 0.717) is 23.0 Å². The number of anilines is 2. The Morgan fingerprint density at radius 2 is 1.76 bits per heavy atom. The first-order valence-electron chi connectivity index (χ1n) is 8.98. The molecule has 2 amide bonds. The van der Waals surface area contributed by atoms with Crippen LogP contribution in [0.25, 0.3) is 10.2 Å². The number of fused-ring (bicyclic) bond motifs is 1. The highest BCUT2D eigenvalue weighted by Crippen LogP contribution is 2.26. The number of thiazole rings is 1. The Hall–Kier alpha value is -3.09. The van der Waals surface area contributed by atoms with Gasteiger partial charge in [0.1, 0.15) is 17.4 Å². The molecule has 4 rings (SSSR count). The highest BCUT2D eigenvalue weighted by molar-refractivity contribution is 7.18. The number of para-hydroxylation sites is 1. The number of halogens is 1. The van der Waals surface area contributed by atoms with Crippen LogP contribution in [0.4, 0.5) is 16.2 Å². The van der Waals surface area contributed by atoms with Gasteiger partial charge in [-0.05, 0) is 67.1 Å². The third-order valence-electron chi connectivity index (χ3n) is 4.22. The number of aryl methyl sites for hydroxylation is 1. The number of nitrogens with zero attached hydrogens (tertiary/aromatic N) is 1. The largest absolute Gasteiger partial charge is 0.486 e. The van der Waals surface area contributed by atoms with Crippen LogP contribution >= 0.6 is 22.9 Å². The zero-order valence-corrected chi connectivity index (χ0v) is 17.2. The van der Waals surface area contributed by atoms with Gasteiger partial charge in [0, 0.05) is 16.4 Å². The van der Waals surface area contributed by atoms with Gasteiger partial charge in [-0.25, -0.2) is 9.78 Å². The summed E-state index contributed by atoms with van der Waals surface area (Å²) in [5.74, 6) is 0.757. The summed E-state index contributed by atoms with van der Waals surface area (Å²) in [6.45, 7) is 2.35. The van der Waals surface area contributed by atoms with Crippen molar-refractivity contribution in [2.24, 2.45) is 0 Å². The molecule has 0 unspecified atom stereocenters. The standard InChI is InChI=1S/C22H18ClN3O2S/c1-14-12-17(25-22(27)24-16-8-6-15(23)7-9-16)10-11-19(14)28-13-21-26-18-4-2-3-5-20(18)29-21/h2-12H,13H2,1H3,(H2,24,25,27). The molecule has 146 valence electrons. The molecule has 2 N–H and O–H groups in total. The Labute approximate surface area is 177 Å². The fraction of sp³-hybridized carbons (Fsp3) is 0.0909. The minimum atomic E-state index is -0.324. The summed E-state index contributed by atoms with van der Waals surface area (Å²) in [5, 5.41) is 7.12. The molecule has 0 radical (unpaired) electrons. The van der Waals surface area contributed by atoms with Crippen LogP contribution in [0.1, 0.15) is 10.6 Å². The molecule has 3 aromatic carbocycles. The molecule has 1 heterocycles. The summed E-state index contributed by atoms with van der Waals surface area (Å²) < 4.78 is 7.07. The molecule has 0 saturated heterocycles. The second-order valence-electron chi connectivity index (χ2n) is 6.43. The van der Waals surface area contributed by atoms with E-state index in [1.807, 2.05) is 43.3 Å². The van der Waals surface area contributed by atoms with Crippen LogP contribution in [0, 0.1) is 6.92 Å². The van der Waals surface area contributed by atoms with E-state index < -0.39 is 0 Å². The van der Waals surface area contributed by atoms with Crippen molar-refractivity contribution in [1.29, 1.82) is 0 Å². The lowest BCUT2D eigenvalue weighted by molar-refractivity contribution is 0.262. The van der Waals surface area contributed by atoms with E-state index in [2.05, 4.69) is 21.7 Å². The van der Waals surface area contributed by atoms with Gasteiger partial charge in [0.25, 0.3) is 0 Å². The van der Waals surface area contributed by atoms with Crippen LogP contribution < -0.4 is 15.4 Å². The van der Waals surface area contributed by atoms with Gasteiger partial charge in [-0.1, -0.05) is 23.7 Å². The lowest BCUT2D eigenvalue weighted by Crippen LogP contribution is -2.19. The average molecular weight is 424 g/mol. The number of hydrogen-bond acceptors (Lipinski definition) is 4. The van der Waals surface area contributed by atoms with Crippen molar-refractivity contribution in [3.8, 4) is 5.75 Å². The average Bonchev–Trinajstić information content (AvgIpc) is 3.12. The highest BCUT2D eigenvalue weighted by atomic mass is 35.5. The molecular weight excluding hydrogens is 406 g/mol. The first-order valence-corrected chi connectivity index (χ1v) is 10.2. The maximum absolute atomic E-state index is 12.2. The smallest absolute Gasteiger partial charge is 0.323 e. The normalized spacial score (nSPS) is 10.7. The van der Waals surface area contributed by atoms with Gasteiger partial charge in [-0.15, -0.1) is 11.3 Å². The van der Waals surface area contributed by atoms with Crippen molar-refractivity contribution < 1.29 is 9.53 Å². The summed E-state index contributed by atoms with van der Waals surface area (Å²) in [6, 6.07) is 20.2. The molecule has 1 aromatic heterocycles. The SMILES string of the molecule is Cc1cc(NC(=O)Nc2ccc(Cl)cc2)ccc1OCc1nc2ccccc2s1. The van der Waals surface area contributed by atoms with Crippen molar-refractivity contribution >= 4 is 50.6 Å². The Bertz CT molecular complexity index is 1130. The van der Waals surface area contributed by atoms with Crippen molar-refractivity contribution in [1.82, 2.24) is 4.98 Å². The minimum absolute atomic E-state index is 0.324. The van der Waals surface area contributed by atoms with Crippen LogP contribution in [-0.4, -0.2) is 11.0 Å². The maximum Gasteiger partial charge on any atom is 0.323 e. The summed E-state index contributed by atoms with van der Waals surface area (Å²) >= 11 is 7.48. The molecule has 0 aliphatic rings. The van der Waals surface area contributed by atoms with Gasteiger partial charge in [-0.2, -0.15) is 0 Å². The Balaban J connectivity index is 1.36. The van der Waals surface area contributed by atoms with Crippen molar-refractivity contribution in [2.45, 2.75) is 13.5 Å². The molecule has 0 atom stereocenters. The lowest BCUT2D eigenvalue weighted by atomic mass is 10.2. The number of rotatable bonds is 5. The van der Waals surface area contributed by atoms with Gasteiger partial charge in [0.05, 0.1) is 10.2 Å². The molecule has 0 fully saturated rings. The first kappa shape index (κ1) is 19.2. The molecule has 0 saturated carbocycles. The van der Waals surface area contributed by atoms with Crippen LogP contribution in [0.15, 0.2) is 66.7 Å². The summed E-state index contributed by atoms with van der Waals surface area (Å²) in [4.78, 5) is 16.7. The molecular formula is C22H18ClN3O2S. The van der Waals surface area contributed by atoms with Crippen molar-refractivity contribution in [2.75, 3.05) is 10.6 Å².